The summed E-state index contributed by atoms with van der Waals surface area (Å²) in [5.41, 5.74) is 0. The molecule has 0 amide bonds. The van der Waals surface area contributed by atoms with E-state index in [0.29, 0.717) is 31.5 Å². The highest BCUT2D eigenvalue weighted by Crippen LogP contribution is 2.26. The Kier molecular flexibility index (Phi) is 5.00. The van der Waals surface area contributed by atoms with Gasteiger partial charge < -0.3 is 5.32 Å². The first kappa shape index (κ1) is 14.2. The molecule has 2 aliphatic rings. The molecule has 0 spiro atoms. The van der Waals surface area contributed by atoms with Gasteiger partial charge in [0.2, 0.25) is 0 Å². The molecule has 1 heterocycles. The summed E-state index contributed by atoms with van der Waals surface area (Å²) in [5.74, 6) is 1.02. The minimum Gasteiger partial charge on any atom is -0.319 e. The predicted octanol–water partition coefficient (Wildman–Crippen LogP) is 0.552. The third-order valence-corrected chi connectivity index (χ3v) is 5.64. The highest BCUT2D eigenvalue weighted by molar-refractivity contribution is 7.87. The molecule has 18 heavy (non-hydrogen) atoms. The van der Waals surface area contributed by atoms with E-state index in [1.807, 2.05) is 7.05 Å². The average molecular weight is 275 g/mol. The third kappa shape index (κ3) is 3.66. The Morgan fingerprint density at radius 2 is 1.83 bits per heavy atom. The zero-order valence-corrected chi connectivity index (χ0v) is 12.0. The van der Waals surface area contributed by atoms with Crippen molar-refractivity contribution in [3.63, 3.8) is 0 Å². The summed E-state index contributed by atoms with van der Waals surface area (Å²) < 4.78 is 28.7. The molecule has 1 aliphatic heterocycles. The van der Waals surface area contributed by atoms with Gasteiger partial charge in [-0.3, -0.25) is 0 Å². The number of rotatable bonds is 6. The summed E-state index contributed by atoms with van der Waals surface area (Å²) in [6.07, 6.45) is 5.68. The predicted molar refractivity (Wildman–Crippen MR) is 72.5 cm³/mol. The molecule has 2 rings (SSSR count). The molecule has 1 saturated carbocycles. The maximum atomic E-state index is 12.2. The maximum absolute atomic E-state index is 12.2. The highest BCUT2D eigenvalue weighted by atomic mass is 32.2. The lowest BCUT2D eigenvalue weighted by atomic mass is 9.86. The van der Waals surface area contributed by atoms with Crippen LogP contribution < -0.4 is 10.0 Å². The van der Waals surface area contributed by atoms with Crippen molar-refractivity contribution in [3.8, 4) is 0 Å². The smallest absolute Gasteiger partial charge is 0.279 e. The second kappa shape index (κ2) is 6.32. The van der Waals surface area contributed by atoms with Crippen molar-refractivity contribution in [1.29, 1.82) is 0 Å². The Bertz CT molecular complexity index is 352. The molecule has 0 aromatic carbocycles. The van der Waals surface area contributed by atoms with Crippen LogP contribution in [0.4, 0.5) is 0 Å². The fourth-order valence-corrected chi connectivity index (χ4v) is 4.12. The van der Waals surface area contributed by atoms with Crippen LogP contribution in [0.25, 0.3) is 0 Å². The van der Waals surface area contributed by atoms with Gasteiger partial charge in [0, 0.05) is 19.6 Å². The zero-order valence-electron chi connectivity index (χ0n) is 11.2. The van der Waals surface area contributed by atoms with Gasteiger partial charge >= 0.3 is 0 Å². The van der Waals surface area contributed by atoms with Gasteiger partial charge in [0.15, 0.2) is 0 Å². The topological polar surface area (TPSA) is 61.4 Å². The van der Waals surface area contributed by atoms with Crippen LogP contribution in [0.1, 0.15) is 32.1 Å². The van der Waals surface area contributed by atoms with Gasteiger partial charge in [-0.25, -0.2) is 4.72 Å². The van der Waals surface area contributed by atoms with Gasteiger partial charge in [-0.05, 0) is 51.1 Å². The van der Waals surface area contributed by atoms with Crippen LogP contribution in [0, 0.1) is 11.8 Å². The molecule has 0 aromatic heterocycles. The van der Waals surface area contributed by atoms with Gasteiger partial charge in [-0.1, -0.05) is 6.42 Å². The third-order valence-electron chi connectivity index (χ3n) is 4.09. The van der Waals surface area contributed by atoms with E-state index in [1.54, 1.807) is 4.31 Å². The van der Waals surface area contributed by atoms with Gasteiger partial charge in [0.25, 0.3) is 10.2 Å². The first-order valence-electron chi connectivity index (χ1n) is 7.01. The standard InChI is InChI=1S/C12H25N3O2S/c1-13-8-12-6-3-7-15(10-12)18(16,17)14-9-11-4-2-5-11/h11-14H,2-10H2,1H3. The molecule has 6 heteroatoms. The van der Waals surface area contributed by atoms with Crippen molar-refractivity contribution in [2.45, 2.75) is 32.1 Å². The Balaban J connectivity index is 1.83. The summed E-state index contributed by atoms with van der Waals surface area (Å²) in [7, 11) is -1.33. The Morgan fingerprint density at radius 1 is 1.11 bits per heavy atom. The van der Waals surface area contributed by atoms with Crippen molar-refractivity contribution >= 4 is 10.2 Å². The molecular formula is C12H25N3O2S. The summed E-state index contributed by atoms with van der Waals surface area (Å²) in [6, 6.07) is 0. The van der Waals surface area contributed by atoms with Crippen LogP contribution in [0.2, 0.25) is 0 Å². The Hall–Kier alpha value is -0.170. The number of nitrogens with one attached hydrogen (secondary N) is 2. The summed E-state index contributed by atoms with van der Waals surface area (Å²) >= 11 is 0. The van der Waals surface area contributed by atoms with E-state index < -0.39 is 10.2 Å². The lowest BCUT2D eigenvalue weighted by molar-refractivity contribution is 0.257. The molecular weight excluding hydrogens is 250 g/mol. The van der Waals surface area contributed by atoms with Gasteiger partial charge in [0.05, 0.1) is 0 Å². The first-order chi connectivity index (χ1) is 8.62. The molecule has 0 radical (unpaired) electrons. The molecule has 0 bridgehead atoms. The van der Waals surface area contributed by atoms with E-state index in [0.717, 1.165) is 19.4 Å². The summed E-state index contributed by atoms with van der Waals surface area (Å²) in [4.78, 5) is 0. The van der Waals surface area contributed by atoms with Crippen molar-refractivity contribution in [2.24, 2.45) is 11.8 Å². The second-order valence-corrected chi connectivity index (χ2v) is 7.33. The largest absolute Gasteiger partial charge is 0.319 e. The van der Waals surface area contributed by atoms with E-state index in [-0.39, 0.29) is 0 Å². The quantitative estimate of drug-likeness (QED) is 0.744. The van der Waals surface area contributed by atoms with E-state index in [1.165, 1.54) is 19.3 Å². The molecule has 1 atom stereocenters. The van der Waals surface area contributed by atoms with Crippen molar-refractivity contribution in [3.05, 3.63) is 0 Å². The molecule has 2 fully saturated rings. The fraction of sp³-hybridized carbons (Fsp3) is 1.00. The molecule has 1 aliphatic carbocycles. The number of nitrogens with zero attached hydrogens (tertiary/aromatic N) is 1. The lowest BCUT2D eigenvalue weighted by Crippen LogP contribution is -2.48. The lowest BCUT2D eigenvalue weighted by Gasteiger charge is -2.33. The monoisotopic (exact) mass is 275 g/mol. The van der Waals surface area contributed by atoms with Crippen LogP contribution in [0.5, 0.6) is 0 Å². The van der Waals surface area contributed by atoms with Gasteiger partial charge in [-0.15, -0.1) is 0 Å². The van der Waals surface area contributed by atoms with E-state index in [2.05, 4.69) is 10.0 Å². The number of hydrogen-bond donors (Lipinski definition) is 2. The van der Waals surface area contributed by atoms with Crippen LogP contribution in [-0.2, 0) is 10.2 Å². The normalized spacial score (nSPS) is 27.1. The van der Waals surface area contributed by atoms with Crippen molar-refractivity contribution < 1.29 is 8.42 Å². The molecule has 5 nitrogen and oxygen atoms in total. The average Bonchev–Trinajstić information content (AvgIpc) is 2.27. The van der Waals surface area contributed by atoms with Crippen LogP contribution in [0.15, 0.2) is 0 Å². The van der Waals surface area contributed by atoms with Gasteiger partial charge in [0.1, 0.15) is 0 Å². The van der Waals surface area contributed by atoms with Crippen molar-refractivity contribution in [1.82, 2.24) is 14.3 Å². The summed E-state index contributed by atoms with van der Waals surface area (Å²) in [6.45, 7) is 2.84. The molecule has 106 valence electrons. The van der Waals surface area contributed by atoms with Crippen LogP contribution in [-0.4, -0.2) is 45.9 Å². The second-order valence-electron chi connectivity index (χ2n) is 5.57. The molecule has 2 N–H and O–H groups in total. The van der Waals surface area contributed by atoms with Crippen LogP contribution in [0.3, 0.4) is 0 Å². The minimum atomic E-state index is -3.25. The highest BCUT2D eigenvalue weighted by Gasteiger charge is 2.29. The number of piperidine rings is 1. The maximum Gasteiger partial charge on any atom is 0.279 e. The molecule has 1 saturated heterocycles. The number of hydrogen-bond acceptors (Lipinski definition) is 3. The SMILES string of the molecule is CNCC1CCCN(S(=O)(=O)NCC2CCC2)C1. The van der Waals surface area contributed by atoms with Crippen LogP contribution >= 0.6 is 0 Å². The Morgan fingerprint density at radius 3 is 2.44 bits per heavy atom. The van der Waals surface area contributed by atoms with Gasteiger partial charge in [-0.2, -0.15) is 12.7 Å². The summed E-state index contributed by atoms with van der Waals surface area (Å²) in [5, 5.41) is 3.14. The first-order valence-corrected chi connectivity index (χ1v) is 8.45. The minimum absolute atomic E-state index is 0.448. The fourth-order valence-electron chi connectivity index (χ4n) is 2.71. The Labute approximate surface area is 110 Å². The van der Waals surface area contributed by atoms with E-state index in [9.17, 15) is 8.42 Å². The molecule has 0 aromatic rings. The molecule has 1 unspecified atom stereocenters. The van der Waals surface area contributed by atoms with Crippen molar-refractivity contribution in [2.75, 3.05) is 33.2 Å². The zero-order chi connectivity index (χ0) is 13.0. The van der Waals surface area contributed by atoms with E-state index in [4.69, 9.17) is 0 Å². The van der Waals surface area contributed by atoms with E-state index >= 15 is 0 Å².